The molecule has 10 heteroatoms. The highest BCUT2D eigenvalue weighted by Crippen LogP contribution is 2.25. The summed E-state index contributed by atoms with van der Waals surface area (Å²) < 4.78 is 31.6. The zero-order valence-corrected chi connectivity index (χ0v) is 23.9. The first-order valence-corrected chi connectivity index (χ1v) is 15.3. The van der Waals surface area contributed by atoms with Crippen molar-refractivity contribution in [2.45, 2.75) is 70.5 Å². The Morgan fingerprint density at radius 3 is 2.47 bits per heavy atom. The number of amides is 2. The normalized spacial score (nSPS) is 14.9. The molecule has 0 bridgehead atoms. The zero-order valence-electron chi connectivity index (χ0n) is 22.4. The number of hydrogen-bond donors (Lipinski definition) is 1. The summed E-state index contributed by atoms with van der Waals surface area (Å²) in [4.78, 5) is 28.2. The van der Waals surface area contributed by atoms with E-state index < -0.39 is 16.1 Å². The summed E-state index contributed by atoms with van der Waals surface area (Å²) in [6.45, 7) is 2.02. The molecule has 0 spiro atoms. The molecule has 38 heavy (non-hydrogen) atoms. The van der Waals surface area contributed by atoms with Crippen molar-refractivity contribution in [1.82, 2.24) is 10.2 Å². The second kappa shape index (κ2) is 13.8. The van der Waals surface area contributed by atoms with Crippen LogP contribution < -0.4 is 14.4 Å². The van der Waals surface area contributed by atoms with E-state index in [2.05, 4.69) is 5.32 Å². The lowest BCUT2D eigenvalue weighted by atomic mass is 9.95. The minimum atomic E-state index is -3.59. The van der Waals surface area contributed by atoms with Gasteiger partial charge >= 0.3 is 0 Å². The number of nitrogens with one attached hydrogen (secondary N) is 1. The van der Waals surface area contributed by atoms with Crippen LogP contribution in [0.3, 0.4) is 0 Å². The van der Waals surface area contributed by atoms with Gasteiger partial charge in [-0.25, -0.2) is 8.42 Å². The SMILES string of the molecule is COc1cccc(N(CCCC(=O)N(Cc2ccccc2Cl)C(C)C(=O)NC2CCCCC2)S(C)(=O)=O)c1. The van der Waals surface area contributed by atoms with E-state index in [1.807, 2.05) is 18.2 Å². The second-order valence-corrected chi connectivity index (χ2v) is 12.1. The van der Waals surface area contributed by atoms with Gasteiger partial charge in [-0.1, -0.05) is 55.1 Å². The van der Waals surface area contributed by atoms with Gasteiger partial charge in [-0.3, -0.25) is 13.9 Å². The predicted molar refractivity (Wildman–Crippen MR) is 151 cm³/mol. The lowest BCUT2D eigenvalue weighted by molar-refractivity contribution is -0.141. The van der Waals surface area contributed by atoms with Crippen molar-refractivity contribution in [3.63, 3.8) is 0 Å². The van der Waals surface area contributed by atoms with E-state index in [-0.39, 0.29) is 43.8 Å². The minimum absolute atomic E-state index is 0.0709. The number of benzene rings is 2. The molecule has 1 atom stereocenters. The average molecular weight is 564 g/mol. The molecule has 0 aromatic heterocycles. The summed E-state index contributed by atoms with van der Waals surface area (Å²) in [5.74, 6) is 0.109. The predicted octanol–water partition coefficient (Wildman–Crippen LogP) is 4.76. The van der Waals surface area contributed by atoms with Gasteiger partial charge < -0.3 is 15.0 Å². The molecule has 0 aliphatic heterocycles. The van der Waals surface area contributed by atoms with Crippen molar-refractivity contribution in [2.24, 2.45) is 0 Å². The molecule has 1 unspecified atom stereocenters. The number of methoxy groups -OCH3 is 1. The molecule has 2 aromatic carbocycles. The third-order valence-corrected chi connectivity index (χ3v) is 8.47. The maximum Gasteiger partial charge on any atom is 0.242 e. The first-order chi connectivity index (χ1) is 18.1. The van der Waals surface area contributed by atoms with Gasteiger partial charge in [0.2, 0.25) is 21.8 Å². The fraction of sp³-hybridized carbons (Fsp3) is 0.500. The number of ether oxygens (including phenoxy) is 1. The Labute approximate surface area is 231 Å². The maximum absolute atomic E-state index is 13.5. The highest BCUT2D eigenvalue weighted by molar-refractivity contribution is 7.92. The molecular formula is C28H38ClN3O5S. The molecule has 1 N–H and O–H groups in total. The van der Waals surface area contributed by atoms with Crippen LogP contribution in [-0.4, -0.2) is 57.1 Å². The largest absolute Gasteiger partial charge is 0.497 e. The van der Waals surface area contributed by atoms with Gasteiger partial charge in [-0.15, -0.1) is 0 Å². The van der Waals surface area contributed by atoms with Crippen molar-refractivity contribution in [1.29, 1.82) is 0 Å². The molecular weight excluding hydrogens is 526 g/mol. The van der Waals surface area contributed by atoms with Crippen LogP contribution in [0, 0.1) is 0 Å². The standard InChI is InChI=1S/C28H38ClN3O5S/c1-21(28(34)30-23-12-5-4-6-13-23)31(20-22-11-7-8-16-26(22)29)27(33)17-10-18-32(38(3,35)36)24-14-9-15-25(19-24)37-2/h7-9,11,14-16,19,21,23H,4-6,10,12-13,17-18,20H2,1-3H3,(H,30,34). The topological polar surface area (TPSA) is 96.0 Å². The summed E-state index contributed by atoms with van der Waals surface area (Å²) in [7, 11) is -2.07. The van der Waals surface area contributed by atoms with Crippen LogP contribution in [0.15, 0.2) is 48.5 Å². The monoisotopic (exact) mass is 563 g/mol. The minimum Gasteiger partial charge on any atom is -0.497 e. The number of sulfonamides is 1. The van der Waals surface area contributed by atoms with Crippen molar-refractivity contribution in [3.8, 4) is 5.75 Å². The van der Waals surface area contributed by atoms with Crippen LogP contribution >= 0.6 is 11.6 Å². The van der Waals surface area contributed by atoms with Crippen LogP contribution in [0.5, 0.6) is 5.75 Å². The molecule has 0 radical (unpaired) electrons. The average Bonchev–Trinajstić information content (AvgIpc) is 2.90. The summed E-state index contributed by atoms with van der Waals surface area (Å²) in [5, 5.41) is 3.64. The van der Waals surface area contributed by atoms with Crippen LogP contribution in [0.2, 0.25) is 5.02 Å². The Kier molecular flexibility index (Phi) is 10.8. The Balaban J connectivity index is 1.73. The summed E-state index contributed by atoms with van der Waals surface area (Å²) >= 11 is 6.38. The Bertz CT molecular complexity index is 1200. The highest BCUT2D eigenvalue weighted by Gasteiger charge is 2.29. The van der Waals surface area contributed by atoms with Crippen LogP contribution in [-0.2, 0) is 26.2 Å². The van der Waals surface area contributed by atoms with E-state index in [4.69, 9.17) is 16.3 Å². The molecule has 1 aliphatic carbocycles. The van der Waals surface area contributed by atoms with E-state index in [1.54, 1.807) is 37.3 Å². The number of nitrogens with zero attached hydrogens (tertiary/aromatic N) is 2. The third-order valence-electron chi connectivity index (χ3n) is 6.91. The van der Waals surface area contributed by atoms with Gasteiger partial charge in [0.05, 0.1) is 19.1 Å². The smallest absolute Gasteiger partial charge is 0.242 e. The van der Waals surface area contributed by atoms with Crippen molar-refractivity contribution in [3.05, 3.63) is 59.1 Å². The van der Waals surface area contributed by atoms with E-state index in [1.165, 1.54) is 22.7 Å². The summed E-state index contributed by atoms with van der Waals surface area (Å²) in [5.41, 5.74) is 1.21. The summed E-state index contributed by atoms with van der Waals surface area (Å²) in [6.07, 6.45) is 6.73. The maximum atomic E-state index is 13.5. The number of halogens is 1. The van der Waals surface area contributed by atoms with Crippen LogP contribution in [0.4, 0.5) is 5.69 Å². The fourth-order valence-electron chi connectivity index (χ4n) is 4.73. The molecule has 3 rings (SSSR count). The number of hydrogen-bond acceptors (Lipinski definition) is 5. The van der Waals surface area contributed by atoms with Gasteiger partial charge in [0.15, 0.2) is 0 Å². The van der Waals surface area contributed by atoms with Crippen molar-refractivity contribution in [2.75, 3.05) is 24.2 Å². The molecule has 8 nitrogen and oxygen atoms in total. The van der Waals surface area contributed by atoms with E-state index in [0.29, 0.717) is 16.5 Å². The van der Waals surface area contributed by atoms with Gasteiger partial charge in [0.1, 0.15) is 11.8 Å². The van der Waals surface area contributed by atoms with Gasteiger partial charge in [-0.05, 0) is 49.9 Å². The lowest BCUT2D eigenvalue weighted by Crippen LogP contribution is -2.50. The van der Waals surface area contributed by atoms with Crippen LogP contribution in [0.25, 0.3) is 0 Å². The van der Waals surface area contributed by atoms with E-state index in [9.17, 15) is 18.0 Å². The Hall–Kier alpha value is -2.78. The first kappa shape index (κ1) is 29.8. The Morgan fingerprint density at radius 2 is 1.82 bits per heavy atom. The number of carbonyl (C=O) groups excluding carboxylic acids is 2. The fourth-order valence-corrected chi connectivity index (χ4v) is 5.88. The molecule has 1 fully saturated rings. The van der Waals surface area contributed by atoms with Gasteiger partial charge in [0, 0.05) is 36.6 Å². The quantitative estimate of drug-likeness (QED) is 0.401. The summed E-state index contributed by atoms with van der Waals surface area (Å²) in [6, 6.07) is 13.5. The molecule has 208 valence electrons. The molecule has 0 saturated heterocycles. The lowest BCUT2D eigenvalue weighted by Gasteiger charge is -2.31. The number of carbonyl (C=O) groups is 2. The Morgan fingerprint density at radius 1 is 1.11 bits per heavy atom. The molecule has 2 aromatic rings. The van der Waals surface area contributed by atoms with Gasteiger partial charge in [0.25, 0.3) is 0 Å². The third kappa shape index (κ3) is 8.36. The molecule has 1 saturated carbocycles. The molecule has 1 aliphatic rings. The van der Waals surface area contributed by atoms with Crippen molar-refractivity contribution >= 4 is 39.1 Å². The van der Waals surface area contributed by atoms with Crippen molar-refractivity contribution < 1.29 is 22.7 Å². The van der Waals surface area contributed by atoms with Gasteiger partial charge in [-0.2, -0.15) is 0 Å². The number of rotatable bonds is 12. The first-order valence-electron chi connectivity index (χ1n) is 13.0. The number of anilines is 1. The molecule has 0 heterocycles. The second-order valence-electron chi connectivity index (χ2n) is 9.77. The zero-order chi connectivity index (χ0) is 27.7. The van der Waals surface area contributed by atoms with E-state index in [0.717, 1.165) is 37.5 Å². The molecule has 2 amide bonds. The van der Waals surface area contributed by atoms with E-state index >= 15 is 0 Å². The highest BCUT2D eigenvalue weighted by atomic mass is 35.5. The van der Waals surface area contributed by atoms with Crippen LogP contribution in [0.1, 0.15) is 57.4 Å².